The number of carboxylic acids is 1. The molecule has 0 aliphatic rings. The van der Waals surface area contributed by atoms with Crippen LogP contribution in [-0.2, 0) is 9.59 Å². The molecule has 1 aromatic heterocycles. The Hall–Kier alpha value is -1.33. The predicted molar refractivity (Wildman–Crippen MR) is 82.9 cm³/mol. The van der Waals surface area contributed by atoms with Gasteiger partial charge in [0.15, 0.2) is 5.15 Å². The number of rotatable bonds is 6. The quantitative estimate of drug-likeness (QED) is 0.774. The molecule has 0 aromatic carbocycles. The second-order valence-corrected chi connectivity index (χ2v) is 5.69. The molecule has 0 fully saturated rings. The highest BCUT2D eigenvalue weighted by atomic mass is 35.5. The molecule has 1 amide bonds. The number of aliphatic carboxylic acids is 1. The number of hydrogen-bond donors (Lipinski definition) is 2. The average molecular weight is 333 g/mol. The van der Waals surface area contributed by atoms with Crippen molar-refractivity contribution in [2.75, 3.05) is 5.32 Å². The molecule has 0 aliphatic heterocycles. The van der Waals surface area contributed by atoms with Gasteiger partial charge >= 0.3 is 5.97 Å². The van der Waals surface area contributed by atoms with E-state index in [-0.39, 0.29) is 16.7 Å². The number of halogens is 2. The van der Waals surface area contributed by atoms with Gasteiger partial charge in [-0.2, -0.15) is 0 Å². The van der Waals surface area contributed by atoms with Crippen LogP contribution in [0.2, 0.25) is 10.3 Å². The first-order valence-corrected chi connectivity index (χ1v) is 7.37. The minimum absolute atomic E-state index is 0.0854. The van der Waals surface area contributed by atoms with Crippen LogP contribution in [-0.4, -0.2) is 22.0 Å². The molecule has 1 rings (SSSR count). The zero-order valence-corrected chi connectivity index (χ0v) is 13.7. The van der Waals surface area contributed by atoms with E-state index in [0.29, 0.717) is 24.1 Å². The minimum Gasteiger partial charge on any atom is -0.481 e. The molecule has 0 spiro atoms. The van der Waals surface area contributed by atoms with Crippen LogP contribution in [0, 0.1) is 12.3 Å². The fourth-order valence-electron chi connectivity index (χ4n) is 2.11. The van der Waals surface area contributed by atoms with Crippen molar-refractivity contribution in [2.24, 2.45) is 5.41 Å². The van der Waals surface area contributed by atoms with Crippen LogP contribution >= 0.6 is 23.2 Å². The maximum atomic E-state index is 12.1. The lowest BCUT2D eigenvalue weighted by atomic mass is 9.79. The van der Waals surface area contributed by atoms with E-state index in [1.165, 1.54) is 0 Å². The molecular weight excluding hydrogens is 315 g/mol. The van der Waals surface area contributed by atoms with Crippen molar-refractivity contribution in [3.63, 3.8) is 0 Å². The first kappa shape index (κ1) is 17.7. The summed E-state index contributed by atoms with van der Waals surface area (Å²) < 4.78 is 0. The standard InChI is InChI=1S/C14H18Cl2N2O3/c1-4-14(5-2,13(20)21)7-10(19)18-11-8(3)6-9(15)17-12(11)16/h6H,4-5,7H2,1-3H3,(H,18,19)(H,20,21). The minimum atomic E-state index is -1.07. The van der Waals surface area contributed by atoms with Gasteiger partial charge in [-0.1, -0.05) is 37.0 Å². The third-order valence-corrected chi connectivity index (χ3v) is 4.18. The van der Waals surface area contributed by atoms with Crippen LogP contribution in [0.15, 0.2) is 6.07 Å². The topological polar surface area (TPSA) is 79.3 Å². The van der Waals surface area contributed by atoms with Crippen LogP contribution in [0.5, 0.6) is 0 Å². The highest BCUT2D eigenvalue weighted by Gasteiger charge is 2.37. The van der Waals surface area contributed by atoms with Crippen molar-refractivity contribution in [3.05, 3.63) is 21.9 Å². The molecule has 7 heteroatoms. The van der Waals surface area contributed by atoms with Crippen LogP contribution in [0.3, 0.4) is 0 Å². The van der Waals surface area contributed by atoms with Gasteiger partial charge in [-0.15, -0.1) is 0 Å². The second-order valence-electron chi connectivity index (χ2n) is 4.95. The molecule has 116 valence electrons. The summed E-state index contributed by atoms with van der Waals surface area (Å²) in [5.41, 5.74) is -0.0375. The molecule has 5 nitrogen and oxygen atoms in total. The fraction of sp³-hybridized carbons (Fsp3) is 0.500. The first-order chi connectivity index (χ1) is 9.75. The molecule has 0 bridgehead atoms. The molecule has 0 radical (unpaired) electrons. The van der Waals surface area contributed by atoms with Crippen molar-refractivity contribution in [1.82, 2.24) is 4.98 Å². The van der Waals surface area contributed by atoms with E-state index < -0.39 is 17.3 Å². The first-order valence-electron chi connectivity index (χ1n) is 6.61. The summed E-state index contributed by atoms with van der Waals surface area (Å²) >= 11 is 11.7. The third-order valence-electron chi connectivity index (χ3n) is 3.71. The Kier molecular flexibility index (Phi) is 5.98. The maximum absolute atomic E-state index is 12.1. The van der Waals surface area contributed by atoms with E-state index in [0.717, 1.165) is 0 Å². The summed E-state index contributed by atoms with van der Waals surface area (Å²) in [7, 11) is 0. The predicted octanol–water partition coefficient (Wildman–Crippen LogP) is 3.92. The maximum Gasteiger partial charge on any atom is 0.310 e. The summed E-state index contributed by atoms with van der Waals surface area (Å²) in [6.45, 7) is 5.25. The summed E-state index contributed by atoms with van der Waals surface area (Å²) in [5, 5.41) is 12.3. The number of aromatic nitrogens is 1. The number of carboxylic acid groups (broad SMARTS) is 1. The zero-order valence-electron chi connectivity index (χ0n) is 12.2. The normalized spacial score (nSPS) is 11.3. The van der Waals surface area contributed by atoms with Crippen LogP contribution in [0.1, 0.15) is 38.7 Å². The molecule has 0 atom stereocenters. The Labute approximate surface area is 133 Å². The Morgan fingerprint density at radius 1 is 1.33 bits per heavy atom. The van der Waals surface area contributed by atoms with Gasteiger partial charge in [0.05, 0.1) is 11.1 Å². The van der Waals surface area contributed by atoms with Crippen molar-refractivity contribution in [2.45, 2.75) is 40.0 Å². The van der Waals surface area contributed by atoms with Gasteiger partial charge < -0.3 is 10.4 Å². The largest absolute Gasteiger partial charge is 0.481 e. The number of carbonyl (C=O) groups excluding carboxylic acids is 1. The second kappa shape index (κ2) is 7.09. The molecule has 0 saturated carbocycles. The van der Waals surface area contributed by atoms with Crippen molar-refractivity contribution in [3.8, 4) is 0 Å². The highest BCUT2D eigenvalue weighted by molar-refractivity contribution is 6.34. The van der Waals surface area contributed by atoms with Gasteiger partial charge in [0.25, 0.3) is 0 Å². The molecule has 0 aliphatic carbocycles. The van der Waals surface area contributed by atoms with Gasteiger partial charge in [-0.25, -0.2) is 4.98 Å². The van der Waals surface area contributed by atoms with Gasteiger partial charge in [0.1, 0.15) is 5.15 Å². The Bertz CT molecular complexity index is 534. The SMILES string of the molecule is CCC(CC)(CC(=O)Nc1c(C)cc(Cl)nc1Cl)C(=O)O. The molecule has 0 unspecified atom stereocenters. The highest BCUT2D eigenvalue weighted by Crippen LogP contribution is 2.32. The summed E-state index contributed by atoms with van der Waals surface area (Å²) in [6.07, 6.45) is 0.628. The fourth-order valence-corrected chi connectivity index (χ4v) is 2.69. The number of hydrogen-bond acceptors (Lipinski definition) is 3. The Balaban J connectivity index is 2.95. The number of nitrogens with one attached hydrogen (secondary N) is 1. The third kappa shape index (κ3) is 4.08. The lowest BCUT2D eigenvalue weighted by Gasteiger charge is -2.26. The average Bonchev–Trinajstić information content (AvgIpc) is 2.40. The molecule has 0 saturated heterocycles. The lowest BCUT2D eigenvalue weighted by Crippen LogP contribution is -2.34. The van der Waals surface area contributed by atoms with Gasteiger partial charge in [-0.3, -0.25) is 9.59 Å². The molecular formula is C14H18Cl2N2O3. The molecule has 1 heterocycles. The van der Waals surface area contributed by atoms with Crippen molar-refractivity contribution < 1.29 is 14.7 Å². The smallest absolute Gasteiger partial charge is 0.310 e. The molecule has 1 aromatic rings. The molecule has 21 heavy (non-hydrogen) atoms. The van der Waals surface area contributed by atoms with E-state index in [1.54, 1.807) is 26.8 Å². The van der Waals surface area contributed by atoms with Crippen molar-refractivity contribution in [1.29, 1.82) is 0 Å². The number of anilines is 1. The van der Waals surface area contributed by atoms with E-state index in [4.69, 9.17) is 23.2 Å². The van der Waals surface area contributed by atoms with Crippen molar-refractivity contribution >= 4 is 40.8 Å². The van der Waals surface area contributed by atoms with Crippen LogP contribution in [0.4, 0.5) is 5.69 Å². The zero-order chi connectivity index (χ0) is 16.2. The summed E-state index contributed by atoms with van der Waals surface area (Å²) in [5.74, 6) is -1.38. The molecule has 2 N–H and O–H groups in total. The summed E-state index contributed by atoms with van der Waals surface area (Å²) in [4.78, 5) is 27.4. The lowest BCUT2D eigenvalue weighted by molar-refractivity contribution is -0.151. The van der Waals surface area contributed by atoms with Crippen LogP contribution < -0.4 is 5.32 Å². The number of aryl methyl sites for hydroxylation is 1. The number of carbonyl (C=O) groups is 2. The van der Waals surface area contributed by atoms with Gasteiger partial charge in [0.2, 0.25) is 5.91 Å². The van der Waals surface area contributed by atoms with E-state index in [1.807, 2.05) is 0 Å². The monoisotopic (exact) mass is 332 g/mol. The summed E-state index contributed by atoms with van der Waals surface area (Å²) in [6, 6.07) is 1.58. The Morgan fingerprint density at radius 3 is 2.33 bits per heavy atom. The Morgan fingerprint density at radius 2 is 1.90 bits per heavy atom. The van der Waals surface area contributed by atoms with Gasteiger partial charge in [-0.05, 0) is 31.4 Å². The number of nitrogens with zero attached hydrogens (tertiary/aromatic N) is 1. The number of amides is 1. The van der Waals surface area contributed by atoms with Crippen LogP contribution in [0.25, 0.3) is 0 Å². The van der Waals surface area contributed by atoms with E-state index in [2.05, 4.69) is 10.3 Å². The van der Waals surface area contributed by atoms with E-state index in [9.17, 15) is 14.7 Å². The van der Waals surface area contributed by atoms with Gasteiger partial charge in [0, 0.05) is 6.42 Å². The number of pyridine rings is 1. The van der Waals surface area contributed by atoms with E-state index >= 15 is 0 Å².